The highest BCUT2D eigenvalue weighted by Gasteiger charge is 2.32. The number of amides is 1. The summed E-state index contributed by atoms with van der Waals surface area (Å²) in [4.78, 5) is 23.0. The number of rotatable bonds is 6. The Morgan fingerprint density at radius 3 is 2.52 bits per heavy atom. The molecule has 6 rings (SSSR count). The lowest BCUT2D eigenvalue weighted by Gasteiger charge is -2.38. The van der Waals surface area contributed by atoms with Gasteiger partial charge in [-0.2, -0.15) is 0 Å². The van der Waals surface area contributed by atoms with Crippen LogP contribution in [-0.4, -0.2) is 64.5 Å². The summed E-state index contributed by atoms with van der Waals surface area (Å²) in [7, 11) is 1.77. The molecule has 2 atom stereocenters. The third-order valence-electron chi connectivity index (χ3n) is 8.83. The van der Waals surface area contributed by atoms with Gasteiger partial charge in [0.15, 0.2) is 0 Å². The van der Waals surface area contributed by atoms with Gasteiger partial charge in [-0.15, -0.1) is 0 Å². The van der Waals surface area contributed by atoms with Crippen molar-refractivity contribution < 1.29 is 9.53 Å². The largest absolute Gasteiger partial charge is 0.381 e. The fraction of sp³-hybridized carbons (Fsp3) is 0.412. The lowest BCUT2D eigenvalue weighted by molar-refractivity contribution is -0.140. The molecule has 4 aromatic rings. The Bertz CT molecular complexity index is 1490. The SMILES string of the molecule is CO[C@@H]1CCC[C@@H](C(=O)N2CCN(Cc3c(-c4ccccc4)nc4ccc(-c5cc(C)ccc5C)cn34)CC2)C1. The zero-order valence-corrected chi connectivity index (χ0v) is 24.0. The van der Waals surface area contributed by atoms with E-state index in [1.54, 1.807) is 7.11 Å². The molecule has 208 valence electrons. The number of nitrogens with zero attached hydrogens (tertiary/aromatic N) is 4. The fourth-order valence-electron chi connectivity index (χ4n) is 6.46. The molecule has 2 aliphatic rings. The number of fused-ring (bicyclic) bond motifs is 1. The molecular formula is C34H40N4O2. The van der Waals surface area contributed by atoms with Gasteiger partial charge in [0.25, 0.3) is 0 Å². The van der Waals surface area contributed by atoms with Gasteiger partial charge in [-0.1, -0.05) is 60.5 Å². The topological polar surface area (TPSA) is 50.1 Å². The number of pyridine rings is 1. The molecule has 0 spiro atoms. The van der Waals surface area contributed by atoms with E-state index in [1.165, 1.54) is 27.9 Å². The maximum atomic E-state index is 13.3. The van der Waals surface area contributed by atoms with Crippen molar-refractivity contribution in [3.05, 3.63) is 83.7 Å². The molecule has 2 fully saturated rings. The van der Waals surface area contributed by atoms with Crippen molar-refractivity contribution in [1.29, 1.82) is 0 Å². The second-order valence-electron chi connectivity index (χ2n) is 11.6. The van der Waals surface area contributed by atoms with Crippen molar-refractivity contribution in [3.63, 3.8) is 0 Å². The van der Waals surface area contributed by atoms with Gasteiger partial charge in [0.05, 0.1) is 17.5 Å². The maximum Gasteiger partial charge on any atom is 0.225 e. The van der Waals surface area contributed by atoms with Crippen molar-refractivity contribution in [2.24, 2.45) is 5.92 Å². The molecule has 0 N–H and O–H groups in total. The van der Waals surface area contributed by atoms with Crippen LogP contribution in [0.3, 0.4) is 0 Å². The van der Waals surface area contributed by atoms with Crippen molar-refractivity contribution in [2.75, 3.05) is 33.3 Å². The van der Waals surface area contributed by atoms with Crippen LogP contribution in [0.15, 0.2) is 66.9 Å². The van der Waals surface area contributed by atoms with E-state index in [9.17, 15) is 4.79 Å². The number of aryl methyl sites for hydroxylation is 2. The van der Waals surface area contributed by atoms with E-state index in [1.807, 2.05) is 0 Å². The molecule has 6 heteroatoms. The summed E-state index contributed by atoms with van der Waals surface area (Å²) >= 11 is 0. The zero-order chi connectivity index (χ0) is 27.6. The number of methoxy groups -OCH3 is 1. The number of ether oxygens (including phenoxy) is 1. The highest BCUT2D eigenvalue weighted by Crippen LogP contribution is 2.31. The monoisotopic (exact) mass is 536 g/mol. The van der Waals surface area contributed by atoms with Crippen LogP contribution < -0.4 is 0 Å². The van der Waals surface area contributed by atoms with E-state index >= 15 is 0 Å². The molecule has 3 heterocycles. The van der Waals surface area contributed by atoms with E-state index in [-0.39, 0.29) is 12.0 Å². The van der Waals surface area contributed by atoms with Gasteiger partial charge in [0.1, 0.15) is 5.65 Å². The van der Waals surface area contributed by atoms with Crippen molar-refractivity contribution in [2.45, 2.75) is 52.2 Å². The van der Waals surface area contributed by atoms with Gasteiger partial charge in [-0.3, -0.25) is 9.69 Å². The van der Waals surface area contributed by atoms with Gasteiger partial charge in [-0.25, -0.2) is 4.98 Å². The predicted molar refractivity (Wildman–Crippen MR) is 160 cm³/mol. The van der Waals surface area contributed by atoms with Crippen molar-refractivity contribution in [3.8, 4) is 22.4 Å². The summed E-state index contributed by atoms with van der Waals surface area (Å²) in [5.41, 5.74) is 9.31. The molecule has 6 nitrogen and oxygen atoms in total. The minimum atomic E-state index is 0.109. The Morgan fingerprint density at radius 2 is 1.75 bits per heavy atom. The highest BCUT2D eigenvalue weighted by atomic mass is 16.5. The van der Waals surface area contributed by atoms with Crippen LogP contribution in [0, 0.1) is 19.8 Å². The number of hydrogen-bond donors (Lipinski definition) is 0. The van der Waals surface area contributed by atoms with E-state index in [0.29, 0.717) is 5.91 Å². The minimum Gasteiger partial charge on any atom is -0.381 e. The Labute approximate surface area is 237 Å². The number of piperazine rings is 1. The summed E-state index contributed by atoms with van der Waals surface area (Å²) < 4.78 is 7.86. The maximum absolute atomic E-state index is 13.3. The van der Waals surface area contributed by atoms with Crippen molar-refractivity contribution in [1.82, 2.24) is 19.2 Å². The lowest BCUT2D eigenvalue weighted by atomic mass is 9.86. The number of aromatic nitrogens is 2. The second-order valence-corrected chi connectivity index (χ2v) is 11.6. The fourth-order valence-corrected chi connectivity index (χ4v) is 6.46. The summed E-state index contributed by atoms with van der Waals surface area (Å²) in [6.45, 7) is 8.39. The molecule has 40 heavy (non-hydrogen) atoms. The summed E-state index contributed by atoms with van der Waals surface area (Å²) in [6, 6.07) is 21.5. The van der Waals surface area contributed by atoms with Gasteiger partial charge < -0.3 is 14.0 Å². The second kappa shape index (κ2) is 11.6. The quantitative estimate of drug-likeness (QED) is 0.297. The van der Waals surface area contributed by atoms with E-state index < -0.39 is 0 Å². The standard InChI is InChI=1S/C34H40N4O2/c1-24-12-13-25(2)30(20-24)28-14-15-32-35-33(26-8-5-4-6-9-26)31(38(32)22-28)23-36-16-18-37(19-17-36)34(39)27-10-7-11-29(21-27)40-3/h4-6,8-9,12-15,20,22,27,29H,7,10-11,16-19,21,23H2,1-3H3/t27-,29-/m1/s1. The smallest absolute Gasteiger partial charge is 0.225 e. The van der Waals surface area contributed by atoms with Gasteiger partial charge in [0, 0.05) is 57.5 Å². The Hall–Kier alpha value is -3.48. The Kier molecular flexibility index (Phi) is 7.72. The van der Waals surface area contributed by atoms with Crippen LogP contribution in [0.5, 0.6) is 0 Å². The molecule has 2 aromatic carbocycles. The third-order valence-corrected chi connectivity index (χ3v) is 8.83. The van der Waals surface area contributed by atoms with Crippen LogP contribution in [0.2, 0.25) is 0 Å². The Morgan fingerprint density at radius 1 is 0.950 bits per heavy atom. The van der Waals surface area contributed by atoms with Gasteiger partial charge in [0.2, 0.25) is 5.91 Å². The average molecular weight is 537 g/mol. The van der Waals surface area contributed by atoms with Crippen molar-refractivity contribution >= 4 is 11.6 Å². The first-order valence-electron chi connectivity index (χ1n) is 14.7. The molecule has 0 bridgehead atoms. The summed E-state index contributed by atoms with van der Waals surface area (Å²) in [5, 5.41) is 0. The summed E-state index contributed by atoms with van der Waals surface area (Å²) in [5.74, 6) is 0.427. The molecule has 0 unspecified atom stereocenters. The molecule has 1 saturated heterocycles. The Balaban J connectivity index is 1.26. The first-order valence-corrected chi connectivity index (χ1v) is 14.7. The van der Waals surface area contributed by atoms with Gasteiger partial charge >= 0.3 is 0 Å². The zero-order valence-electron chi connectivity index (χ0n) is 24.0. The van der Waals surface area contributed by atoms with Crippen LogP contribution in [0.1, 0.15) is 42.5 Å². The van der Waals surface area contributed by atoms with Crippen LogP contribution in [0.4, 0.5) is 0 Å². The van der Waals surface area contributed by atoms with Gasteiger partial charge in [-0.05, 0) is 61.9 Å². The number of carbonyl (C=O) groups excluding carboxylic acids is 1. The molecule has 0 radical (unpaired) electrons. The minimum absolute atomic E-state index is 0.109. The summed E-state index contributed by atoms with van der Waals surface area (Å²) in [6.07, 6.45) is 6.48. The molecular weight excluding hydrogens is 496 g/mol. The number of hydrogen-bond acceptors (Lipinski definition) is 4. The average Bonchev–Trinajstić information content (AvgIpc) is 3.36. The molecule has 1 aliphatic carbocycles. The van der Waals surface area contributed by atoms with Crippen LogP contribution in [0.25, 0.3) is 28.0 Å². The number of benzene rings is 2. The lowest BCUT2D eigenvalue weighted by Crippen LogP contribution is -2.50. The third kappa shape index (κ3) is 5.43. The number of imidazole rings is 1. The molecule has 2 aromatic heterocycles. The molecule has 1 amide bonds. The van der Waals surface area contributed by atoms with E-state index in [2.05, 4.69) is 94.9 Å². The van der Waals surface area contributed by atoms with Crippen LogP contribution in [-0.2, 0) is 16.1 Å². The molecule has 1 aliphatic heterocycles. The van der Waals surface area contributed by atoms with E-state index in [0.717, 1.165) is 75.3 Å². The molecule has 1 saturated carbocycles. The van der Waals surface area contributed by atoms with Crippen LogP contribution >= 0.6 is 0 Å². The number of carbonyl (C=O) groups is 1. The normalized spacial score (nSPS) is 20.2. The first-order chi connectivity index (χ1) is 19.5. The van der Waals surface area contributed by atoms with E-state index in [4.69, 9.17) is 9.72 Å². The highest BCUT2D eigenvalue weighted by molar-refractivity contribution is 5.79. The predicted octanol–water partition coefficient (Wildman–Crippen LogP) is 6.13. The first kappa shape index (κ1) is 26.7.